The quantitative estimate of drug-likeness (QED) is 0.642. The van der Waals surface area contributed by atoms with Gasteiger partial charge in [-0.05, 0) is 19.8 Å². The topological polar surface area (TPSA) is 21.1 Å². The third-order valence-electron chi connectivity index (χ3n) is 3.02. The molecule has 1 aliphatic heterocycles. The van der Waals surface area contributed by atoms with Crippen molar-refractivity contribution in [2.45, 2.75) is 38.9 Å². The van der Waals surface area contributed by atoms with E-state index in [1.54, 1.807) is 0 Å². The van der Waals surface area contributed by atoms with Gasteiger partial charge in [-0.15, -0.1) is 0 Å². The van der Waals surface area contributed by atoms with Gasteiger partial charge in [-0.2, -0.15) is 0 Å². The van der Waals surface area contributed by atoms with Gasteiger partial charge >= 0.3 is 0 Å². The monoisotopic (exact) mass is 177 g/mol. The van der Waals surface area contributed by atoms with E-state index in [-0.39, 0.29) is 0 Å². The van der Waals surface area contributed by atoms with Crippen molar-refractivity contribution in [1.29, 1.82) is 0 Å². The van der Waals surface area contributed by atoms with Crippen molar-refractivity contribution >= 4 is 0 Å². The van der Waals surface area contributed by atoms with Crippen LogP contribution in [0.1, 0.15) is 24.4 Å². The number of imidazole rings is 1. The zero-order valence-electron chi connectivity index (χ0n) is 8.03. The molecule has 0 saturated heterocycles. The Hall–Kier alpha value is -0.830. The van der Waals surface area contributed by atoms with E-state index in [1.807, 2.05) is 0 Å². The first kappa shape index (κ1) is 7.56. The van der Waals surface area contributed by atoms with Crippen LogP contribution < -0.4 is 0 Å². The lowest BCUT2D eigenvalue weighted by atomic mass is 10.3. The predicted molar refractivity (Wildman–Crippen MR) is 50.4 cm³/mol. The third kappa shape index (κ3) is 1.27. The summed E-state index contributed by atoms with van der Waals surface area (Å²) in [7, 11) is 0. The van der Waals surface area contributed by atoms with Crippen molar-refractivity contribution in [2.24, 2.45) is 0 Å². The van der Waals surface area contributed by atoms with Crippen molar-refractivity contribution in [2.75, 3.05) is 6.54 Å². The van der Waals surface area contributed by atoms with E-state index in [4.69, 9.17) is 0 Å². The number of aryl methyl sites for hydroxylation is 1. The fraction of sp³-hybridized carbons (Fsp3) is 0.700. The molecule has 2 heterocycles. The van der Waals surface area contributed by atoms with Crippen LogP contribution in [0.3, 0.4) is 0 Å². The van der Waals surface area contributed by atoms with Gasteiger partial charge < -0.3 is 4.57 Å². The Bertz CT molecular complexity index is 325. The van der Waals surface area contributed by atoms with E-state index >= 15 is 0 Å². The second-order valence-electron chi connectivity index (χ2n) is 4.19. The molecule has 0 bridgehead atoms. The maximum atomic E-state index is 4.53. The zero-order chi connectivity index (χ0) is 8.84. The minimum absolute atomic E-state index is 0.880. The van der Waals surface area contributed by atoms with E-state index in [9.17, 15) is 0 Å². The number of hydrogen-bond donors (Lipinski definition) is 0. The van der Waals surface area contributed by atoms with Crippen molar-refractivity contribution in [3.05, 3.63) is 17.7 Å². The maximum Gasteiger partial charge on any atom is 0.123 e. The van der Waals surface area contributed by atoms with E-state index in [2.05, 4.69) is 27.6 Å². The average molecular weight is 177 g/mol. The molecule has 0 amide bonds. The maximum absolute atomic E-state index is 4.53. The van der Waals surface area contributed by atoms with Gasteiger partial charge in [0.05, 0.1) is 12.2 Å². The van der Waals surface area contributed by atoms with Gasteiger partial charge in [0.2, 0.25) is 0 Å². The molecule has 13 heavy (non-hydrogen) atoms. The molecule has 3 rings (SSSR count). The lowest BCUT2D eigenvalue weighted by Crippen LogP contribution is -2.35. The summed E-state index contributed by atoms with van der Waals surface area (Å²) in [6, 6.07) is 0.880. The normalized spacial score (nSPS) is 23.2. The molecule has 3 nitrogen and oxygen atoms in total. The Balaban J connectivity index is 1.85. The van der Waals surface area contributed by atoms with Crippen LogP contribution in [0.4, 0.5) is 0 Å². The first-order valence-corrected chi connectivity index (χ1v) is 5.09. The Morgan fingerprint density at radius 2 is 2.23 bits per heavy atom. The van der Waals surface area contributed by atoms with Crippen LogP contribution in [0.2, 0.25) is 0 Å². The van der Waals surface area contributed by atoms with Crippen LogP contribution in [0.5, 0.6) is 0 Å². The van der Waals surface area contributed by atoms with Gasteiger partial charge in [0.1, 0.15) is 5.82 Å². The van der Waals surface area contributed by atoms with Gasteiger partial charge in [-0.1, -0.05) is 0 Å². The Kier molecular flexibility index (Phi) is 1.50. The number of rotatable bonds is 1. The van der Waals surface area contributed by atoms with Gasteiger partial charge in [-0.25, -0.2) is 4.98 Å². The summed E-state index contributed by atoms with van der Waals surface area (Å²) >= 11 is 0. The first-order valence-electron chi connectivity index (χ1n) is 5.09. The standard InChI is InChI=1S/C10H15N3/c1-8-6-13-5-4-12(9-2-3-9)7-10(13)11-8/h6,9H,2-5,7H2,1H3. The lowest BCUT2D eigenvalue weighted by Gasteiger charge is -2.27. The minimum atomic E-state index is 0.880. The molecule has 0 atom stereocenters. The van der Waals surface area contributed by atoms with Crippen molar-refractivity contribution in [3.8, 4) is 0 Å². The summed E-state index contributed by atoms with van der Waals surface area (Å²) in [5.74, 6) is 1.26. The van der Waals surface area contributed by atoms with Crippen LogP contribution in [0, 0.1) is 6.92 Å². The number of fused-ring (bicyclic) bond motifs is 1. The molecule has 3 heteroatoms. The smallest absolute Gasteiger partial charge is 0.123 e. The number of nitrogens with zero attached hydrogens (tertiary/aromatic N) is 3. The van der Waals surface area contributed by atoms with E-state index < -0.39 is 0 Å². The van der Waals surface area contributed by atoms with Crippen LogP contribution in [-0.4, -0.2) is 27.0 Å². The molecule has 0 aromatic carbocycles. The molecule has 1 saturated carbocycles. The van der Waals surface area contributed by atoms with Gasteiger partial charge in [0.25, 0.3) is 0 Å². The third-order valence-corrected chi connectivity index (χ3v) is 3.02. The SMILES string of the molecule is Cc1cn2c(n1)CN(C1CC1)CC2. The Morgan fingerprint density at radius 3 is 3.00 bits per heavy atom. The largest absolute Gasteiger partial charge is 0.332 e. The van der Waals surface area contributed by atoms with Crippen molar-refractivity contribution in [3.63, 3.8) is 0 Å². The molecular formula is C10H15N3. The fourth-order valence-corrected chi connectivity index (χ4v) is 2.16. The summed E-state index contributed by atoms with van der Waals surface area (Å²) in [6.07, 6.45) is 4.97. The van der Waals surface area contributed by atoms with Crippen molar-refractivity contribution in [1.82, 2.24) is 14.5 Å². The van der Waals surface area contributed by atoms with Crippen LogP contribution in [0.25, 0.3) is 0 Å². The molecule has 1 fully saturated rings. The fourth-order valence-electron chi connectivity index (χ4n) is 2.16. The summed E-state index contributed by atoms with van der Waals surface area (Å²) in [6.45, 7) is 5.49. The summed E-state index contributed by atoms with van der Waals surface area (Å²) in [5.41, 5.74) is 1.16. The second kappa shape index (κ2) is 2.58. The summed E-state index contributed by atoms with van der Waals surface area (Å²) in [5, 5.41) is 0. The van der Waals surface area contributed by atoms with E-state index in [0.29, 0.717) is 0 Å². The molecule has 70 valence electrons. The molecule has 1 aromatic heterocycles. The molecule has 2 aliphatic rings. The summed E-state index contributed by atoms with van der Waals surface area (Å²) in [4.78, 5) is 7.10. The average Bonchev–Trinajstić information content (AvgIpc) is 2.87. The molecule has 1 aromatic rings. The molecular weight excluding hydrogens is 162 g/mol. The highest BCUT2D eigenvalue weighted by Crippen LogP contribution is 2.29. The van der Waals surface area contributed by atoms with Crippen molar-refractivity contribution < 1.29 is 0 Å². The Morgan fingerprint density at radius 1 is 1.38 bits per heavy atom. The highest BCUT2D eigenvalue weighted by atomic mass is 15.3. The van der Waals surface area contributed by atoms with Gasteiger partial charge in [0.15, 0.2) is 0 Å². The van der Waals surface area contributed by atoms with Crippen LogP contribution >= 0.6 is 0 Å². The first-order chi connectivity index (χ1) is 6.33. The molecule has 0 spiro atoms. The summed E-state index contributed by atoms with van der Waals surface area (Å²) < 4.78 is 2.30. The highest BCUT2D eigenvalue weighted by Gasteiger charge is 2.31. The van der Waals surface area contributed by atoms with Crippen LogP contribution in [-0.2, 0) is 13.1 Å². The highest BCUT2D eigenvalue weighted by molar-refractivity contribution is 5.05. The minimum Gasteiger partial charge on any atom is -0.332 e. The lowest BCUT2D eigenvalue weighted by molar-refractivity contribution is 0.207. The van der Waals surface area contributed by atoms with E-state index in [1.165, 1.54) is 25.2 Å². The zero-order valence-corrected chi connectivity index (χ0v) is 8.03. The predicted octanol–water partition coefficient (Wildman–Crippen LogP) is 1.17. The van der Waals surface area contributed by atoms with Gasteiger partial charge in [0, 0.05) is 25.3 Å². The number of aromatic nitrogens is 2. The molecule has 0 N–H and O–H groups in total. The van der Waals surface area contributed by atoms with Gasteiger partial charge in [-0.3, -0.25) is 4.90 Å². The van der Waals surface area contributed by atoms with Crippen LogP contribution in [0.15, 0.2) is 6.20 Å². The van der Waals surface area contributed by atoms with E-state index in [0.717, 1.165) is 24.8 Å². The Labute approximate surface area is 78.4 Å². The number of hydrogen-bond acceptors (Lipinski definition) is 2. The molecule has 0 unspecified atom stereocenters. The molecule has 0 radical (unpaired) electrons. The molecule has 1 aliphatic carbocycles. The second-order valence-corrected chi connectivity index (χ2v) is 4.19.